The fraction of sp³-hybridized carbons (Fsp3) is 0. The van der Waals surface area contributed by atoms with Crippen molar-refractivity contribution in [3.8, 4) is 23.0 Å². The summed E-state index contributed by atoms with van der Waals surface area (Å²) in [4.78, 5) is 45.8. The monoisotopic (exact) mass is 488 g/mol. The highest BCUT2D eigenvalue weighted by Crippen LogP contribution is 2.41. The molecular formula is C26H16O10. The molecule has 10 nitrogen and oxygen atoms in total. The Hall–Kier alpha value is -5.38. The highest BCUT2D eigenvalue weighted by atomic mass is 16.5. The maximum atomic E-state index is 11.6. The van der Waals surface area contributed by atoms with E-state index in [0.717, 1.165) is 29.7 Å². The van der Waals surface area contributed by atoms with Crippen LogP contribution in [0.25, 0.3) is 10.8 Å². The number of aromatic carboxylic acids is 4. The summed E-state index contributed by atoms with van der Waals surface area (Å²) in [6, 6.07) is 17.2. The minimum Gasteiger partial charge on any atom is -0.478 e. The van der Waals surface area contributed by atoms with Gasteiger partial charge in [-0.25, -0.2) is 19.2 Å². The minimum absolute atomic E-state index is 0.0185. The summed E-state index contributed by atoms with van der Waals surface area (Å²) in [6.07, 6.45) is 0. The first-order chi connectivity index (χ1) is 17.2. The van der Waals surface area contributed by atoms with E-state index in [2.05, 4.69) is 0 Å². The number of hydrogen-bond acceptors (Lipinski definition) is 6. The van der Waals surface area contributed by atoms with Crippen LogP contribution in [0.5, 0.6) is 23.0 Å². The van der Waals surface area contributed by atoms with Gasteiger partial charge in [0.1, 0.15) is 11.5 Å². The van der Waals surface area contributed by atoms with Crippen molar-refractivity contribution in [2.45, 2.75) is 0 Å². The molecular weight excluding hydrogens is 472 g/mol. The highest BCUT2D eigenvalue weighted by molar-refractivity contribution is 6.03. The molecule has 0 aliphatic heterocycles. The summed E-state index contributed by atoms with van der Waals surface area (Å²) >= 11 is 0. The second-order valence-electron chi connectivity index (χ2n) is 7.45. The van der Waals surface area contributed by atoms with Gasteiger partial charge in [0.05, 0.1) is 22.3 Å². The summed E-state index contributed by atoms with van der Waals surface area (Å²) < 4.78 is 11.8. The quantitative estimate of drug-likeness (QED) is 0.258. The lowest BCUT2D eigenvalue weighted by molar-refractivity contribution is 0.0651. The molecule has 10 heteroatoms. The van der Waals surface area contributed by atoms with Gasteiger partial charge in [0.2, 0.25) is 0 Å². The van der Waals surface area contributed by atoms with E-state index in [1.807, 2.05) is 0 Å². The Balaban J connectivity index is 1.81. The Morgan fingerprint density at radius 1 is 0.528 bits per heavy atom. The number of carboxylic acids is 4. The van der Waals surface area contributed by atoms with Crippen LogP contribution in [0.1, 0.15) is 41.4 Å². The molecule has 36 heavy (non-hydrogen) atoms. The fourth-order valence-corrected chi connectivity index (χ4v) is 3.55. The third-order valence-corrected chi connectivity index (χ3v) is 5.19. The van der Waals surface area contributed by atoms with Crippen LogP contribution in [0, 0.1) is 0 Å². The number of hydrogen-bond donors (Lipinski definition) is 4. The first-order valence-electron chi connectivity index (χ1n) is 10.2. The molecule has 0 unspecified atom stereocenters. The van der Waals surface area contributed by atoms with Crippen molar-refractivity contribution in [3.63, 3.8) is 0 Å². The number of fused-ring (bicyclic) bond motifs is 1. The van der Waals surface area contributed by atoms with E-state index in [1.54, 1.807) is 36.4 Å². The Labute approximate surface area is 202 Å². The molecule has 180 valence electrons. The number of rotatable bonds is 8. The van der Waals surface area contributed by atoms with E-state index in [4.69, 9.17) is 9.47 Å². The fourth-order valence-electron chi connectivity index (χ4n) is 3.55. The SMILES string of the molecule is O=C(O)c1ccc(Oc2ccc3ccccc3c2Oc2ccc(C(=O)O)c(C(=O)O)c2)cc1C(=O)O. The first kappa shape index (κ1) is 23.8. The van der Waals surface area contributed by atoms with Crippen LogP contribution in [0.2, 0.25) is 0 Å². The lowest BCUT2D eigenvalue weighted by Crippen LogP contribution is -2.08. The summed E-state index contributed by atoms with van der Waals surface area (Å²) in [5, 5.41) is 38.6. The van der Waals surface area contributed by atoms with Crippen LogP contribution in [-0.4, -0.2) is 44.3 Å². The number of carboxylic acid groups (broad SMARTS) is 4. The van der Waals surface area contributed by atoms with E-state index in [9.17, 15) is 39.6 Å². The van der Waals surface area contributed by atoms with Crippen LogP contribution in [0.4, 0.5) is 0 Å². The molecule has 0 amide bonds. The first-order valence-corrected chi connectivity index (χ1v) is 10.2. The van der Waals surface area contributed by atoms with Gasteiger partial charge < -0.3 is 29.9 Å². The van der Waals surface area contributed by atoms with Crippen molar-refractivity contribution in [3.05, 3.63) is 95.1 Å². The zero-order valence-electron chi connectivity index (χ0n) is 18.2. The van der Waals surface area contributed by atoms with Gasteiger partial charge in [0, 0.05) is 5.39 Å². The predicted octanol–water partition coefficient (Wildman–Crippen LogP) is 5.22. The van der Waals surface area contributed by atoms with Gasteiger partial charge >= 0.3 is 23.9 Å². The Morgan fingerprint density at radius 2 is 1.03 bits per heavy atom. The Kier molecular flexibility index (Phi) is 6.25. The Morgan fingerprint density at radius 3 is 1.56 bits per heavy atom. The van der Waals surface area contributed by atoms with Gasteiger partial charge in [-0.1, -0.05) is 30.3 Å². The molecule has 0 heterocycles. The largest absolute Gasteiger partial charge is 0.478 e. The van der Waals surface area contributed by atoms with Crippen molar-refractivity contribution in [1.29, 1.82) is 0 Å². The second-order valence-corrected chi connectivity index (χ2v) is 7.45. The van der Waals surface area contributed by atoms with Crippen molar-refractivity contribution in [2.75, 3.05) is 0 Å². The summed E-state index contributed by atoms with van der Waals surface area (Å²) in [7, 11) is 0. The molecule has 0 radical (unpaired) electrons. The summed E-state index contributed by atoms with van der Waals surface area (Å²) in [5.74, 6) is -5.42. The van der Waals surface area contributed by atoms with Crippen molar-refractivity contribution >= 4 is 34.6 Å². The molecule has 0 spiro atoms. The average molecular weight is 488 g/mol. The lowest BCUT2D eigenvalue weighted by Gasteiger charge is -2.16. The molecule has 4 aromatic carbocycles. The molecule has 0 fully saturated rings. The lowest BCUT2D eigenvalue weighted by atomic mass is 10.1. The van der Waals surface area contributed by atoms with Gasteiger partial charge in [0.15, 0.2) is 11.5 Å². The smallest absolute Gasteiger partial charge is 0.336 e. The van der Waals surface area contributed by atoms with Crippen LogP contribution in [-0.2, 0) is 0 Å². The standard InChI is InChI=1S/C26H16O10/c27-23(28)17-8-6-14(11-19(17)25(31)32)35-21-10-5-13-3-1-2-4-16(13)22(21)36-15-7-9-18(24(29)30)20(12-15)26(33)34/h1-12H,(H,27,28)(H,29,30)(H,31,32)(H,33,34). The topological polar surface area (TPSA) is 168 Å². The molecule has 4 aromatic rings. The molecule has 4 rings (SSSR count). The maximum absolute atomic E-state index is 11.6. The van der Waals surface area contributed by atoms with Gasteiger partial charge in [-0.2, -0.15) is 0 Å². The molecule has 0 saturated heterocycles. The predicted molar refractivity (Wildman–Crippen MR) is 125 cm³/mol. The van der Waals surface area contributed by atoms with Crippen molar-refractivity contribution in [2.24, 2.45) is 0 Å². The van der Waals surface area contributed by atoms with E-state index in [0.29, 0.717) is 5.39 Å². The second kappa shape index (κ2) is 9.47. The molecule has 4 N–H and O–H groups in total. The molecule has 0 aromatic heterocycles. The maximum Gasteiger partial charge on any atom is 0.336 e. The third kappa shape index (κ3) is 4.64. The number of carbonyl (C=O) groups is 4. The van der Waals surface area contributed by atoms with Crippen LogP contribution < -0.4 is 9.47 Å². The normalized spacial score (nSPS) is 10.6. The van der Waals surface area contributed by atoms with Crippen molar-refractivity contribution in [1.82, 2.24) is 0 Å². The number of benzene rings is 4. The van der Waals surface area contributed by atoms with E-state index in [-0.39, 0.29) is 23.0 Å². The molecule has 0 bridgehead atoms. The van der Waals surface area contributed by atoms with E-state index < -0.39 is 46.1 Å². The molecule has 0 atom stereocenters. The van der Waals surface area contributed by atoms with Crippen LogP contribution in [0.15, 0.2) is 72.8 Å². The molecule has 0 aliphatic rings. The van der Waals surface area contributed by atoms with E-state index in [1.165, 1.54) is 12.1 Å². The highest BCUT2D eigenvalue weighted by Gasteiger charge is 2.20. The van der Waals surface area contributed by atoms with Gasteiger partial charge in [0.25, 0.3) is 0 Å². The summed E-state index contributed by atoms with van der Waals surface area (Å²) in [6.45, 7) is 0. The zero-order chi connectivity index (χ0) is 26.0. The minimum atomic E-state index is -1.45. The zero-order valence-corrected chi connectivity index (χ0v) is 18.2. The van der Waals surface area contributed by atoms with Crippen molar-refractivity contribution < 1.29 is 49.1 Å². The molecule has 0 aliphatic carbocycles. The Bertz CT molecular complexity index is 1550. The van der Waals surface area contributed by atoms with Gasteiger partial charge in [-0.05, 0) is 47.9 Å². The average Bonchev–Trinajstić information content (AvgIpc) is 2.85. The third-order valence-electron chi connectivity index (χ3n) is 5.19. The number of ether oxygens (including phenoxy) is 2. The molecule has 0 saturated carbocycles. The van der Waals surface area contributed by atoms with Crippen LogP contribution >= 0.6 is 0 Å². The van der Waals surface area contributed by atoms with E-state index >= 15 is 0 Å². The van der Waals surface area contributed by atoms with Crippen LogP contribution in [0.3, 0.4) is 0 Å². The summed E-state index contributed by atoms with van der Waals surface area (Å²) in [5.41, 5.74) is -1.77. The van der Waals surface area contributed by atoms with Gasteiger partial charge in [-0.15, -0.1) is 0 Å². The van der Waals surface area contributed by atoms with Gasteiger partial charge in [-0.3, -0.25) is 0 Å².